The van der Waals surface area contributed by atoms with E-state index >= 15 is 0 Å². The van der Waals surface area contributed by atoms with Crippen LogP contribution in [0.3, 0.4) is 0 Å². The highest BCUT2D eigenvalue weighted by atomic mass is 16.8. The summed E-state index contributed by atoms with van der Waals surface area (Å²) in [5.41, 5.74) is 1.40. The van der Waals surface area contributed by atoms with E-state index in [4.69, 9.17) is 23.7 Å². The van der Waals surface area contributed by atoms with Gasteiger partial charge >= 0.3 is 0 Å². The van der Waals surface area contributed by atoms with E-state index in [1.165, 1.54) is 0 Å². The molecule has 6 heteroatoms. The average Bonchev–Trinajstić information content (AvgIpc) is 3.21. The van der Waals surface area contributed by atoms with E-state index in [2.05, 4.69) is 0 Å². The minimum Gasteiger partial charge on any atom is -0.396 e. The van der Waals surface area contributed by atoms with Gasteiger partial charge < -0.3 is 28.8 Å². The van der Waals surface area contributed by atoms with E-state index in [-0.39, 0.29) is 18.8 Å². The number of ether oxygens (including phenoxy) is 5. The van der Waals surface area contributed by atoms with Gasteiger partial charge in [-0.2, -0.15) is 0 Å². The Bertz CT molecular complexity index is 811. The summed E-state index contributed by atoms with van der Waals surface area (Å²) in [6.07, 6.45) is -0.130. The maximum absolute atomic E-state index is 9.53. The van der Waals surface area contributed by atoms with E-state index < -0.39 is 17.7 Å². The van der Waals surface area contributed by atoms with Crippen molar-refractivity contribution in [2.75, 3.05) is 13.2 Å². The number of aliphatic hydroxyl groups excluding tert-OH is 1. The predicted octanol–water partition coefficient (Wildman–Crippen LogP) is 3.81. The molecule has 2 heterocycles. The number of hydrogen-bond acceptors (Lipinski definition) is 6. The Morgan fingerprint density at radius 2 is 1.52 bits per heavy atom. The van der Waals surface area contributed by atoms with Crippen LogP contribution in [0.15, 0.2) is 60.7 Å². The molecule has 2 aliphatic heterocycles. The normalized spacial score (nSPS) is 29.2. The van der Waals surface area contributed by atoms with Gasteiger partial charge in [-0.05, 0) is 37.8 Å². The molecule has 0 amide bonds. The maximum atomic E-state index is 9.53. The van der Waals surface area contributed by atoms with Crippen LogP contribution in [0.4, 0.5) is 0 Å². The fourth-order valence-corrected chi connectivity index (χ4v) is 4.34. The monoisotopic (exact) mass is 428 g/mol. The van der Waals surface area contributed by atoms with Crippen LogP contribution in [0.1, 0.15) is 37.8 Å². The molecule has 0 unspecified atom stereocenters. The van der Waals surface area contributed by atoms with Crippen LogP contribution in [-0.4, -0.2) is 48.2 Å². The second kappa shape index (κ2) is 9.77. The average molecular weight is 429 g/mol. The van der Waals surface area contributed by atoms with Crippen molar-refractivity contribution < 1.29 is 28.8 Å². The molecule has 6 nitrogen and oxygen atoms in total. The number of hydrogen-bond donors (Lipinski definition) is 1. The summed E-state index contributed by atoms with van der Waals surface area (Å²) in [4.78, 5) is 0. The molecular formula is C25H32O6. The van der Waals surface area contributed by atoms with Crippen molar-refractivity contribution in [3.8, 4) is 0 Å². The third kappa shape index (κ3) is 5.34. The zero-order valence-corrected chi connectivity index (χ0v) is 18.2. The zero-order chi connectivity index (χ0) is 21.7. The lowest BCUT2D eigenvalue weighted by Gasteiger charge is -2.36. The first-order chi connectivity index (χ1) is 15.0. The van der Waals surface area contributed by atoms with Crippen LogP contribution in [-0.2, 0) is 36.9 Å². The van der Waals surface area contributed by atoms with Gasteiger partial charge in [0.25, 0.3) is 0 Å². The van der Waals surface area contributed by atoms with Gasteiger partial charge in [-0.3, -0.25) is 0 Å². The summed E-state index contributed by atoms with van der Waals surface area (Å²) in [7, 11) is 0. The van der Waals surface area contributed by atoms with Crippen molar-refractivity contribution in [3.05, 3.63) is 71.8 Å². The van der Waals surface area contributed by atoms with Gasteiger partial charge in [0.1, 0.15) is 17.8 Å². The van der Waals surface area contributed by atoms with Crippen molar-refractivity contribution in [1.82, 2.24) is 0 Å². The summed E-state index contributed by atoms with van der Waals surface area (Å²) in [6.45, 7) is 5.05. The molecule has 0 aliphatic carbocycles. The second-order valence-corrected chi connectivity index (χ2v) is 8.67. The Morgan fingerprint density at radius 3 is 2.16 bits per heavy atom. The quantitative estimate of drug-likeness (QED) is 0.621. The van der Waals surface area contributed by atoms with Crippen molar-refractivity contribution in [2.24, 2.45) is 0 Å². The molecule has 0 radical (unpaired) electrons. The largest absolute Gasteiger partial charge is 0.396 e. The van der Waals surface area contributed by atoms with Crippen molar-refractivity contribution >= 4 is 0 Å². The first kappa shape index (κ1) is 22.4. The molecule has 2 saturated heterocycles. The Hall–Kier alpha value is -1.80. The van der Waals surface area contributed by atoms with E-state index in [1.54, 1.807) is 0 Å². The van der Waals surface area contributed by atoms with E-state index in [0.717, 1.165) is 11.1 Å². The summed E-state index contributed by atoms with van der Waals surface area (Å²) in [5.74, 6) is -0.738. The fraction of sp³-hybridized carbons (Fsp3) is 0.520. The molecule has 0 spiro atoms. The Morgan fingerprint density at radius 1 is 0.871 bits per heavy atom. The van der Waals surface area contributed by atoms with Crippen molar-refractivity contribution in [1.29, 1.82) is 0 Å². The third-order valence-electron chi connectivity index (χ3n) is 5.74. The maximum Gasteiger partial charge on any atom is 0.190 e. The van der Waals surface area contributed by atoms with Gasteiger partial charge in [0, 0.05) is 6.61 Å². The summed E-state index contributed by atoms with van der Waals surface area (Å²) < 4.78 is 31.2. The molecule has 168 valence electrons. The molecule has 4 atom stereocenters. The molecule has 2 fully saturated rings. The predicted molar refractivity (Wildman–Crippen MR) is 115 cm³/mol. The SMILES string of the molecule is CC1(C)O[C@H]2O[C@](CCCO)(COCc3ccccc3)[C@@H](OCc3ccccc3)[C@H]2O1. The van der Waals surface area contributed by atoms with Gasteiger partial charge in [0.05, 0.1) is 19.8 Å². The molecule has 31 heavy (non-hydrogen) atoms. The Labute approximate surface area is 184 Å². The summed E-state index contributed by atoms with van der Waals surface area (Å²) >= 11 is 0. The lowest BCUT2D eigenvalue weighted by Crippen LogP contribution is -2.50. The highest BCUT2D eigenvalue weighted by Gasteiger charge is 2.62. The molecule has 2 aliphatic rings. The number of fused-ring (bicyclic) bond motifs is 1. The van der Waals surface area contributed by atoms with E-state index in [9.17, 15) is 5.11 Å². The number of rotatable bonds is 10. The Kier molecular flexibility index (Phi) is 7.06. The van der Waals surface area contributed by atoms with Crippen LogP contribution in [0, 0.1) is 0 Å². The van der Waals surface area contributed by atoms with Crippen LogP contribution >= 0.6 is 0 Å². The molecule has 4 rings (SSSR count). The molecule has 2 aromatic carbocycles. The summed E-state index contributed by atoms with van der Waals surface area (Å²) in [5, 5.41) is 9.53. The van der Waals surface area contributed by atoms with Crippen LogP contribution < -0.4 is 0 Å². The third-order valence-corrected chi connectivity index (χ3v) is 5.74. The van der Waals surface area contributed by atoms with E-state index in [1.807, 2.05) is 74.5 Å². The number of benzene rings is 2. The number of aliphatic hydroxyl groups is 1. The van der Waals surface area contributed by atoms with E-state index in [0.29, 0.717) is 32.7 Å². The fourth-order valence-electron chi connectivity index (χ4n) is 4.34. The van der Waals surface area contributed by atoms with Crippen molar-refractivity contribution in [3.63, 3.8) is 0 Å². The standard InChI is InChI=1S/C25H32O6/c1-24(2)29-21-22(28-17-20-12-7-4-8-13-20)25(14-9-15-26,31-23(21)30-24)18-27-16-19-10-5-3-6-11-19/h3-8,10-13,21-23,26H,9,14-18H2,1-2H3/t21-,22+,23+,25-/m1/s1. The highest BCUT2D eigenvalue weighted by molar-refractivity contribution is 5.15. The molecule has 1 N–H and O–H groups in total. The van der Waals surface area contributed by atoms with Crippen LogP contribution in [0.2, 0.25) is 0 Å². The first-order valence-electron chi connectivity index (χ1n) is 10.9. The van der Waals surface area contributed by atoms with Gasteiger partial charge in [-0.1, -0.05) is 60.7 Å². The molecule has 0 bridgehead atoms. The molecule has 0 saturated carbocycles. The molecule has 2 aromatic rings. The molecular weight excluding hydrogens is 396 g/mol. The van der Waals surface area contributed by atoms with Gasteiger partial charge in [0.15, 0.2) is 12.1 Å². The topological polar surface area (TPSA) is 66.4 Å². The first-order valence-corrected chi connectivity index (χ1v) is 10.9. The lowest BCUT2D eigenvalue weighted by atomic mass is 9.90. The summed E-state index contributed by atoms with van der Waals surface area (Å²) in [6, 6.07) is 20.1. The van der Waals surface area contributed by atoms with Gasteiger partial charge in [0.2, 0.25) is 0 Å². The highest BCUT2D eigenvalue weighted by Crippen LogP contribution is 2.46. The van der Waals surface area contributed by atoms with Crippen LogP contribution in [0.5, 0.6) is 0 Å². The van der Waals surface area contributed by atoms with Crippen molar-refractivity contribution in [2.45, 2.75) is 69.8 Å². The minimum absolute atomic E-state index is 0.0672. The minimum atomic E-state index is -0.766. The van der Waals surface area contributed by atoms with Crippen LogP contribution in [0.25, 0.3) is 0 Å². The lowest BCUT2D eigenvalue weighted by molar-refractivity contribution is -0.256. The molecule has 0 aromatic heterocycles. The smallest absolute Gasteiger partial charge is 0.190 e. The Balaban J connectivity index is 1.52. The second-order valence-electron chi connectivity index (χ2n) is 8.67. The van der Waals surface area contributed by atoms with Gasteiger partial charge in [-0.15, -0.1) is 0 Å². The van der Waals surface area contributed by atoms with Gasteiger partial charge in [-0.25, -0.2) is 0 Å². The zero-order valence-electron chi connectivity index (χ0n) is 18.2.